The minimum atomic E-state index is -4.05. The average Bonchev–Trinajstić information content (AvgIpc) is 2.37. The van der Waals surface area contributed by atoms with Crippen LogP contribution < -0.4 is 34.5 Å². The summed E-state index contributed by atoms with van der Waals surface area (Å²) in [7, 11) is -4.05. The molecule has 0 heterocycles. The van der Waals surface area contributed by atoms with E-state index in [0.717, 1.165) is 44.9 Å². The van der Waals surface area contributed by atoms with Gasteiger partial charge in [0.05, 0.1) is 13.2 Å². The second-order valence-electron chi connectivity index (χ2n) is 4.94. The molecule has 0 saturated carbocycles. The fraction of sp³-hybridized carbons (Fsp3) is 1.00. The predicted molar refractivity (Wildman–Crippen MR) is 77.0 cm³/mol. The first-order valence-corrected chi connectivity index (χ1v) is 9.18. The van der Waals surface area contributed by atoms with Crippen LogP contribution in [0.4, 0.5) is 0 Å². The van der Waals surface area contributed by atoms with E-state index in [1.165, 1.54) is 19.3 Å². The molecule has 4 nitrogen and oxygen atoms in total. The van der Waals surface area contributed by atoms with Crippen LogP contribution in [0.2, 0.25) is 0 Å². The molecule has 1 unspecified atom stereocenters. The smallest absolute Gasteiger partial charge is 0.756 e. The molecule has 0 aliphatic rings. The molecule has 0 aromatic heterocycles. The summed E-state index contributed by atoms with van der Waals surface area (Å²) >= 11 is 0. The van der Waals surface area contributed by atoms with Crippen LogP contribution in [0.15, 0.2) is 0 Å². The SMILES string of the molecule is CCCCCCCCOP(=O)([O-])OCCCCCC.[Na+]. The van der Waals surface area contributed by atoms with Crippen molar-refractivity contribution in [3.63, 3.8) is 0 Å². The van der Waals surface area contributed by atoms with Gasteiger partial charge in [0, 0.05) is 0 Å². The van der Waals surface area contributed by atoms with Gasteiger partial charge in [0.1, 0.15) is 0 Å². The van der Waals surface area contributed by atoms with Crippen molar-refractivity contribution in [3.05, 3.63) is 0 Å². The van der Waals surface area contributed by atoms with Crippen molar-refractivity contribution in [1.29, 1.82) is 0 Å². The Bertz CT molecular complexity index is 239. The third-order valence-electron chi connectivity index (χ3n) is 2.99. The Morgan fingerprint density at radius 2 is 1.10 bits per heavy atom. The molecule has 116 valence electrons. The van der Waals surface area contributed by atoms with Crippen LogP contribution in [-0.2, 0) is 13.6 Å². The van der Waals surface area contributed by atoms with E-state index in [9.17, 15) is 9.46 Å². The fourth-order valence-electron chi connectivity index (χ4n) is 1.80. The van der Waals surface area contributed by atoms with Gasteiger partial charge in [-0.05, 0) is 12.8 Å². The molecule has 0 amide bonds. The first-order valence-electron chi connectivity index (χ1n) is 7.72. The fourth-order valence-corrected chi connectivity index (χ4v) is 2.58. The molecule has 0 N–H and O–H groups in total. The van der Waals surface area contributed by atoms with E-state index in [1.54, 1.807) is 0 Å². The summed E-state index contributed by atoms with van der Waals surface area (Å²) in [6.45, 7) is 4.79. The van der Waals surface area contributed by atoms with E-state index in [4.69, 9.17) is 9.05 Å². The van der Waals surface area contributed by atoms with Crippen molar-refractivity contribution < 1.29 is 48.1 Å². The summed E-state index contributed by atoms with van der Waals surface area (Å²) in [5.41, 5.74) is 0. The second-order valence-corrected chi connectivity index (χ2v) is 6.35. The van der Waals surface area contributed by atoms with E-state index in [-0.39, 0.29) is 42.8 Å². The van der Waals surface area contributed by atoms with Gasteiger partial charge in [0.15, 0.2) is 0 Å². The van der Waals surface area contributed by atoms with Crippen LogP contribution in [-0.4, -0.2) is 13.2 Å². The third-order valence-corrected chi connectivity index (χ3v) is 3.99. The summed E-state index contributed by atoms with van der Waals surface area (Å²) in [6.07, 6.45) is 10.7. The number of hydrogen-bond acceptors (Lipinski definition) is 4. The first-order chi connectivity index (χ1) is 9.12. The van der Waals surface area contributed by atoms with Crippen molar-refractivity contribution in [2.45, 2.75) is 78.1 Å². The average molecular weight is 316 g/mol. The Kier molecular flexibility index (Phi) is 19.3. The molecule has 20 heavy (non-hydrogen) atoms. The zero-order chi connectivity index (χ0) is 14.4. The van der Waals surface area contributed by atoms with E-state index in [1.807, 2.05) is 0 Å². The maximum Gasteiger partial charge on any atom is 1.00 e. The Balaban J connectivity index is 0. The number of rotatable bonds is 14. The third kappa shape index (κ3) is 17.2. The molecule has 6 heteroatoms. The quantitative estimate of drug-likeness (QED) is 0.276. The molecular weight excluding hydrogens is 286 g/mol. The predicted octanol–water partition coefficient (Wildman–Crippen LogP) is 1.43. The van der Waals surface area contributed by atoms with Crippen molar-refractivity contribution >= 4 is 7.82 Å². The van der Waals surface area contributed by atoms with Gasteiger partial charge in [0.25, 0.3) is 7.82 Å². The van der Waals surface area contributed by atoms with Crippen LogP contribution in [0.1, 0.15) is 78.1 Å². The van der Waals surface area contributed by atoms with Gasteiger partial charge < -0.3 is 13.9 Å². The van der Waals surface area contributed by atoms with Crippen LogP contribution in [0.3, 0.4) is 0 Å². The topological polar surface area (TPSA) is 58.6 Å². The van der Waals surface area contributed by atoms with E-state index in [0.29, 0.717) is 0 Å². The van der Waals surface area contributed by atoms with Crippen molar-refractivity contribution in [3.8, 4) is 0 Å². The van der Waals surface area contributed by atoms with E-state index < -0.39 is 7.82 Å². The Morgan fingerprint density at radius 1 is 0.750 bits per heavy atom. The minimum absolute atomic E-state index is 0. The minimum Gasteiger partial charge on any atom is -0.756 e. The molecule has 0 aliphatic heterocycles. The Morgan fingerprint density at radius 3 is 1.55 bits per heavy atom. The van der Waals surface area contributed by atoms with Crippen LogP contribution in [0.5, 0.6) is 0 Å². The Hall–Kier alpha value is 1.11. The first kappa shape index (κ1) is 23.4. The normalized spacial score (nSPS) is 13.8. The van der Waals surface area contributed by atoms with Crippen molar-refractivity contribution in [2.75, 3.05) is 13.2 Å². The number of unbranched alkanes of at least 4 members (excludes halogenated alkanes) is 8. The van der Waals surface area contributed by atoms with Gasteiger partial charge in [0.2, 0.25) is 0 Å². The van der Waals surface area contributed by atoms with Gasteiger partial charge >= 0.3 is 29.6 Å². The van der Waals surface area contributed by atoms with Crippen molar-refractivity contribution in [2.24, 2.45) is 0 Å². The van der Waals surface area contributed by atoms with Gasteiger partial charge in [-0.1, -0.05) is 65.2 Å². The molecule has 1 atom stereocenters. The van der Waals surface area contributed by atoms with Gasteiger partial charge in [-0.15, -0.1) is 0 Å². The van der Waals surface area contributed by atoms with Crippen LogP contribution in [0.25, 0.3) is 0 Å². The largest absolute Gasteiger partial charge is 1.00 e. The number of phosphoric acid groups is 1. The molecule has 0 radical (unpaired) electrons. The molecule has 0 saturated heterocycles. The van der Waals surface area contributed by atoms with Gasteiger partial charge in [-0.25, -0.2) is 0 Å². The zero-order valence-corrected chi connectivity index (χ0v) is 16.5. The number of phosphoric ester groups is 1. The van der Waals surface area contributed by atoms with Crippen molar-refractivity contribution in [1.82, 2.24) is 0 Å². The standard InChI is InChI=1S/C14H31O4P.Na/c1-3-5-7-9-10-12-14-18-19(15,16)17-13-11-8-6-4-2;/h3-14H2,1-2H3,(H,15,16);/q;+1/p-1. The van der Waals surface area contributed by atoms with E-state index in [2.05, 4.69) is 13.8 Å². The van der Waals surface area contributed by atoms with Gasteiger partial charge in [-0.3, -0.25) is 4.57 Å². The van der Waals surface area contributed by atoms with Crippen LogP contribution in [0, 0.1) is 0 Å². The monoisotopic (exact) mass is 316 g/mol. The molecule has 0 spiro atoms. The molecule has 0 fully saturated rings. The molecule has 0 aromatic carbocycles. The molecule has 0 bridgehead atoms. The molecule has 0 aliphatic carbocycles. The number of hydrogen-bond donors (Lipinski definition) is 0. The molecule has 0 aromatic rings. The summed E-state index contributed by atoms with van der Waals surface area (Å²) in [5, 5.41) is 0. The summed E-state index contributed by atoms with van der Waals surface area (Å²) < 4.78 is 21.0. The van der Waals surface area contributed by atoms with Crippen LogP contribution >= 0.6 is 7.82 Å². The zero-order valence-electron chi connectivity index (χ0n) is 13.6. The molecular formula is C14H30NaO4P. The maximum atomic E-state index is 11.4. The summed E-state index contributed by atoms with van der Waals surface area (Å²) in [4.78, 5) is 11.4. The maximum absolute atomic E-state index is 11.4. The van der Waals surface area contributed by atoms with Gasteiger partial charge in [-0.2, -0.15) is 0 Å². The Labute approximate surface area is 146 Å². The summed E-state index contributed by atoms with van der Waals surface area (Å²) in [5.74, 6) is 0. The summed E-state index contributed by atoms with van der Waals surface area (Å²) in [6, 6.07) is 0. The second kappa shape index (κ2) is 16.5. The molecule has 0 rings (SSSR count). The van der Waals surface area contributed by atoms with E-state index >= 15 is 0 Å².